The Morgan fingerprint density at radius 3 is 2.49 bits per heavy atom. The number of nitrogens with one attached hydrogen (secondary N) is 2. The first-order valence-electron chi connectivity index (χ1n) is 10.1. The fourth-order valence-electron chi connectivity index (χ4n) is 3.09. The molecule has 0 atom stereocenters. The van der Waals surface area contributed by atoms with Crippen LogP contribution in [0.25, 0.3) is 6.08 Å². The number of benzene rings is 2. The minimum atomic E-state index is -3.79. The standard InChI is InChI=1S/C23H18ClN3O6S2/c24-19-6-2-1-4-15(19)12-20-22(29)27(23(30)34-20)14-21(28)26-16-7-9-18(10-8-16)35(31,32)25-13-17-5-3-11-33-17/h1-12,25H,13-14H2,(H,26,28)/b20-12+. The molecule has 3 amide bonds. The van der Waals surface area contributed by atoms with Gasteiger partial charge in [0.1, 0.15) is 12.3 Å². The van der Waals surface area contributed by atoms with Gasteiger partial charge in [0.05, 0.1) is 22.6 Å². The summed E-state index contributed by atoms with van der Waals surface area (Å²) >= 11 is 6.83. The van der Waals surface area contributed by atoms with Crippen LogP contribution in [0.5, 0.6) is 0 Å². The number of sulfonamides is 1. The number of furan rings is 1. The van der Waals surface area contributed by atoms with Crippen molar-refractivity contribution in [2.45, 2.75) is 11.4 Å². The maximum Gasteiger partial charge on any atom is 0.294 e. The smallest absolute Gasteiger partial charge is 0.294 e. The highest BCUT2D eigenvalue weighted by atomic mass is 35.5. The topological polar surface area (TPSA) is 126 Å². The summed E-state index contributed by atoms with van der Waals surface area (Å²) in [4.78, 5) is 38.4. The molecular formula is C23H18ClN3O6S2. The minimum absolute atomic E-state index is 0.00212. The Bertz CT molecular complexity index is 1400. The van der Waals surface area contributed by atoms with Gasteiger partial charge in [0.15, 0.2) is 0 Å². The van der Waals surface area contributed by atoms with E-state index in [1.807, 2.05) is 0 Å². The van der Waals surface area contributed by atoms with E-state index in [1.165, 1.54) is 36.6 Å². The molecule has 1 aromatic heterocycles. The summed E-state index contributed by atoms with van der Waals surface area (Å²) in [6.07, 6.45) is 2.95. The maximum atomic E-state index is 12.6. The Labute approximate surface area is 210 Å². The monoisotopic (exact) mass is 531 g/mol. The molecule has 2 N–H and O–H groups in total. The summed E-state index contributed by atoms with van der Waals surface area (Å²) in [7, 11) is -3.79. The largest absolute Gasteiger partial charge is 0.468 e. The van der Waals surface area contributed by atoms with Gasteiger partial charge in [-0.15, -0.1) is 0 Å². The molecule has 0 bridgehead atoms. The zero-order chi connectivity index (χ0) is 25.0. The lowest BCUT2D eigenvalue weighted by Crippen LogP contribution is -2.36. The Kier molecular flexibility index (Phi) is 7.41. The number of amides is 3. The van der Waals surface area contributed by atoms with E-state index in [4.69, 9.17) is 16.0 Å². The van der Waals surface area contributed by atoms with Gasteiger partial charge in [-0.25, -0.2) is 13.1 Å². The van der Waals surface area contributed by atoms with E-state index in [1.54, 1.807) is 36.4 Å². The second kappa shape index (κ2) is 10.5. The number of halogens is 1. The number of rotatable bonds is 8. The highest BCUT2D eigenvalue weighted by Crippen LogP contribution is 2.33. The molecule has 1 aliphatic rings. The fourth-order valence-corrected chi connectivity index (χ4v) is 5.11. The van der Waals surface area contributed by atoms with Crippen molar-refractivity contribution < 1.29 is 27.2 Å². The third kappa shape index (κ3) is 6.01. The number of carbonyl (C=O) groups is 3. The van der Waals surface area contributed by atoms with Gasteiger partial charge in [-0.3, -0.25) is 19.3 Å². The lowest BCUT2D eigenvalue weighted by molar-refractivity contribution is -0.127. The van der Waals surface area contributed by atoms with E-state index >= 15 is 0 Å². The molecular weight excluding hydrogens is 514 g/mol. The van der Waals surface area contributed by atoms with Crippen LogP contribution in [0, 0.1) is 0 Å². The average molecular weight is 532 g/mol. The molecule has 0 radical (unpaired) electrons. The Morgan fingerprint density at radius 1 is 1.06 bits per heavy atom. The number of thioether (sulfide) groups is 1. The fraction of sp³-hybridized carbons (Fsp3) is 0.0870. The van der Waals surface area contributed by atoms with Gasteiger partial charge in [0.25, 0.3) is 11.1 Å². The van der Waals surface area contributed by atoms with E-state index in [-0.39, 0.29) is 16.3 Å². The summed E-state index contributed by atoms with van der Waals surface area (Å²) < 4.78 is 32.3. The van der Waals surface area contributed by atoms with Crippen molar-refractivity contribution >= 4 is 62.2 Å². The van der Waals surface area contributed by atoms with Crippen molar-refractivity contribution in [3.05, 3.63) is 88.2 Å². The van der Waals surface area contributed by atoms with Gasteiger partial charge in [-0.2, -0.15) is 0 Å². The molecule has 2 aromatic carbocycles. The minimum Gasteiger partial charge on any atom is -0.468 e. The van der Waals surface area contributed by atoms with Crippen molar-refractivity contribution in [2.24, 2.45) is 0 Å². The van der Waals surface area contributed by atoms with Crippen molar-refractivity contribution in [1.29, 1.82) is 0 Å². The Morgan fingerprint density at radius 2 is 1.80 bits per heavy atom. The molecule has 1 aliphatic heterocycles. The molecule has 0 unspecified atom stereocenters. The lowest BCUT2D eigenvalue weighted by Gasteiger charge is -2.13. The van der Waals surface area contributed by atoms with Crippen LogP contribution in [0.4, 0.5) is 10.5 Å². The van der Waals surface area contributed by atoms with Gasteiger partial charge in [0, 0.05) is 10.7 Å². The van der Waals surface area contributed by atoms with E-state index in [9.17, 15) is 22.8 Å². The quantitative estimate of drug-likeness (QED) is 0.419. The van der Waals surface area contributed by atoms with Crippen LogP contribution < -0.4 is 10.0 Å². The van der Waals surface area contributed by atoms with Crippen LogP contribution >= 0.6 is 23.4 Å². The van der Waals surface area contributed by atoms with Crippen molar-refractivity contribution in [2.75, 3.05) is 11.9 Å². The molecule has 2 heterocycles. The number of hydrogen-bond donors (Lipinski definition) is 2. The van der Waals surface area contributed by atoms with Gasteiger partial charge in [-0.05, 0) is 65.9 Å². The third-order valence-electron chi connectivity index (χ3n) is 4.83. The zero-order valence-electron chi connectivity index (χ0n) is 17.9. The Balaban J connectivity index is 1.36. The summed E-state index contributed by atoms with van der Waals surface area (Å²) in [5.74, 6) is -0.747. The third-order valence-corrected chi connectivity index (χ3v) is 7.50. The number of nitrogens with zero attached hydrogens (tertiary/aromatic N) is 1. The number of hydrogen-bond acceptors (Lipinski definition) is 7. The van der Waals surface area contributed by atoms with Crippen LogP contribution in [-0.4, -0.2) is 36.9 Å². The molecule has 12 heteroatoms. The first-order chi connectivity index (χ1) is 16.7. The molecule has 1 fully saturated rings. The second-order valence-electron chi connectivity index (χ2n) is 7.27. The van der Waals surface area contributed by atoms with Gasteiger partial charge >= 0.3 is 0 Å². The molecule has 0 spiro atoms. The summed E-state index contributed by atoms with van der Waals surface area (Å²) in [5.41, 5.74) is 0.886. The highest BCUT2D eigenvalue weighted by Gasteiger charge is 2.36. The van der Waals surface area contributed by atoms with Crippen LogP contribution in [-0.2, 0) is 26.2 Å². The number of imide groups is 1. The van der Waals surface area contributed by atoms with Crippen molar-refractivity contribution in [3.63, 3.8) is 0 Å². The van der Waals surface area contributed by atoms with E-state index in [0.717, 1.165) is 16.7 Å². The van der Waals surface area contributed by atoms with Crippen LogP contribution in [0.15, 0.2) is 81.1 Å². The molecule has 0 aliphatic carbocycles. The van der Waals surface area contributed by atoms with Crippen LogP contribution in [0.2, 0.25) is 5.02 Å². The first kappa shape index (κ1) is 24.7. The van der Waals surface area contributed by atoms with Gasteiger partial charge in [0.2, 0.25) is 15.9 Å². The van der Waals surface area contributed by atoms with Crippen molar-refractivity contribution in [3.8, 4) is 0 Å². The van der Waals surface area contributed by atoms with Gasteiger partial charge in [-0.1, -0.05) is 29.8 Å². The van der Waals surface area contributed by atoms with Gasteiger partial charge < -0.3 is 9.73 Å². The van der Waals surface area contributed by atoms with Crippen LogP contribution in [0.3, 0.4) is 0 Å². The summed E-state index contributed by atoms with van der Waals surface area (Å²) in [6, 6.07) is 15.6. The van der Waals surface area contributed by atoms with E-state index < -0.39 is 33.6 Å². The maximum absolute atomic E-state index is 12.6. The van der Waals surface area contributed by atoms with Crippen molar-refractivity contribution in [1.82, 2.24) is 9.62 Å². The molecule has 3 aromatic rings. The molecule has 180 valence electrons. The highest BCUT2D eigenvalue weighted by molar-refractivity contribution is 8.18. The molecule has 4 rings (SSSR count). The summed E-state index contributed by atoms with van der Waals surface area (Å²) in [6.45, 7) is -0.494. The number of carbonyl (C=O) groups excluding carboxylic acids is 3. The van der Waals surface area contributed by atoms with E-state index in [2.05, 4.69) is 10.0 Å². The Hall–Kier alpha value is -3.38. The summed E-state index contributed by atoms with van der Waals surface area (Å²) in [5, 5.41) is 2.40. The first-order valence-corrected chi connectivity index (χ1v) is 12.8. The normalized spacial score (nSPS) is 15.1. The van der Waals surface area contributed by atoms with Crippen LogP contribution in [0.1, 0.15) is 11.3 Å². The average Bonchev–Trinajstić information content (AvgIpc) is 3.44. The molecule has 0 saturated carbocycles. The molecule has 35 heavy (non-hydrogen) atoms. The lowest BCUT2D eigenvalue weighted by atomic mass is 10.2. The molecule has 9 nitrogen and oxygen atoms in total. The second-order valence-corrected chi connectivity index (χ2v) is 10.4. The number of anilines is 1. The molecule has 1 saturated heterocycles. The predicted molar refractivity (Wildman–Crippen MR) is 132 cm³/mol. The predicted octanol–water partition coefficient (Wildman–Crippen LogP) is 4.09. The van der Waals surface area contributed by atoms with E-state index in [0.29, 0.717) is 22.0 Å². The SMILES string of the molecule is O=C(CN1C(=O)S/C(=C/c2ccccc2Cl)C1=O)Nc1ccc(S(=O)(=O)NCc2ccco2)cc1. The zero-order valence-corrected chi connectivity index (χ0v) is 20.3.